The minimum absolute atomic E-state index is 0.0267. The monoisotopic (exact) mass is 726 g/mol. The molecular weight excluding hydrogens is 688 g/mol. The van der Waals surface area contributed by atoms with Crippen LogP contribution in [0.15, 0.2) is 58.0 Å². The molecule has 2 saturated heterocycles. The van der Waals surface area contributed by atoms with Gasteiger partial charge >= 0.3 is 17.6 Å². The van der Waals surface area contributed by atoms with Gasteiger partial charge in [0.05, 0.1) is 32.0 Å². The lowest BCUT2D eigenvalue weighted by atomic mass is 9.81. The van der Waals surface area contributed by atoms with E-state index in [9.17, 15) is 55.2 Å². The van der Waals surface area contributed by atoms with E-state index < -0.39 is 122 Å². The SMILES string of the molecule is C=C[C@H]1[C@@H](O[C@@H]2O[C@@H](CO)[C@@H](O)[C@H](O)[C@H]2O)OC=C(C(=O)OC)[C@H]1CC(=O)OC[C@@H]1O[C@@H](Oc2cc3oc(=O)ccc3cc2O)[C@H](O)[C@@H](O)[C@@H]1O. The molecule has 19 nitrogen and oxygen atoms in total. The van der Waals surface area contributed by atoms with Crippen molar-refractivity contribution < 1.29 is 88.0 Å². The highest BCUT2D eigenvalue weighted by Crippen LogP contribution is 2.38. The molecule has 51 heavy (non-hydrogen) atoms. The zero-order valence-electron chi connectivity index (χ0n) is 26.9. The standard InChI is InChI=1S/C32H38O19/c1-3-13-14(15(29(43)44-2)10-46-30(13)51-32-28(42)25(39)23(37)19(9-33)49-32)7-22(36)45-11-20-24(38)26(40)27(41)31(50-20)48-18-8-17-12(6-16(18)34)4-5-21(35)47-17/h3-6,8,10,13-14,19-20,23-28,30-34,37-42H,1,7,9,11H2,2H3/t13-,14+,19+,20+,23-,24-,25+,26+,27-,28-,30-,31-,32+/m1/s1. The topological polar surface area (TPSA) is 291 Å². The largest absolute Gasteiger partial charge is 0.504 e. The molecule has 0 unspecified atom stereocenters. The molecule has 4 heterocycles. The number of carbonyl (C=O) groups excluding carboxylic acids is 2. The number of phenols is 1. The fraction of sp³-hybridized carbons (Fsp3) is 0.531. The van der Waals surface area contributed by atoms with Gasteiger partial charge in [0.2, 0.25) is 12.6 Å². The van der Waals surface area contributed by atoms with Gasteiger partial charge in [0.1, 0.15) is 61.0 Å². The highest BCUT2D eigenvalue weighted by molar-refractivity contribution is 5.90. The predicted octanol–water partition coefficient (Wildman–Crippen LogP) is -2.73. The molecule has 2 fully saturated rings. The highest BCUT2D eigenvalue weighted by atomic mass is 16.8. The maximum Gasteiger partial charge on any atom is 0.337 e. The molecule has 13 atom stereocenters. The Morgan fingerprint density at radius 1 is 0.902 bits per heavy atom. The van der Waals surface area contributed by atoms with Gasteiger partial charge in [-0.3, -0.25) is 4.79 Å². The second kappa shape index (κ2) is 16.0. The fourth-order valence-corrected chi connectivity index (χ4v) is 5.86. The van der Waals surface area contributed by atoms with E-state index in [0.717, 1.165) is 25.5 Å². The third-order valence-corrected chi connectivity index (χ3v) is 8.73. The van der Waals surface area contributed by atoms with Gasteiger partial charge in [-0.25, -0.2) is 9.59 Å². The summed E-state index contributed by atoms with van der Waals surface area (Å²) in [6.45, 7) is 2.29. The number of carbonyl (C=O) groups is 2. The van der Waals surface area contributed by atoms with E-state index in [1.807, 2.05) is 0 Å². The third kappa shape index (κ3) is 8.02. The average Bonchev–Trinajstić information content (AvgIpc) is 3.11. The summed E-state index contributed by atoms with van der Waals surface area (Å²) < 4.78 is 43.0. The van der Waals surface area contributed by atoms with Crippen molar-refractivity contribution in [1.82, 2.24) is 0 Å². The molecule has 5 rings (SSSR count). The van der Waals surface area contributed by atoms with E-state index >= 15 is 0 Å². The number of phenolic OH excluding ortho intramolecular Hbond substituents is 1. The zero-order chi connectivity index (χ0) is 37.1. The van der Waals surface area contributed by atoms with Crippen LogP contribution in [0.1, 0.15) is 6.42 Å². The van der Waals surface area contributed by atoms with E-state index in [1.54, 1.807) is 0 Å². The van der Waals surface area contributed by atoms with Gasteiger partial charge in [-0.1, -0.05) is 6.08 Å². The van der Waals surface area contributed by atoms with Crippen LogP contribution in [0.3, 0.4) is 0 Å². The average molecular weight is 727 g/mol. The van der Waals surface area contributed by atoms with Gasteiger partial charge in [-0.15, -0.1) is 6.58 Å². The Morgan fingerprint density at radius 3 is 2.24 bits per heavy atom. The molecule has 0 amide bonds. The minimum Gasteiger partial charge on any atom is -0.504 e. The Hall–Kier alpha value is -4.15. The van der Waals surface area contributed by atoms with Gasteiger partial charge in [-0.2, -0.15) is 0 Å². The van der Waals surface area contributed by atoms with Crippen molar-refractivity contribution in [1.29, 1.82) is 0 Å². The maximum atomic E-state index is 13.2. The zero-order valence-corrected chi connectivity index (χ0v) is 26.9. The van der Waals surface area contributed by atoms with Crippen molar-refractivity contribution in [2.45, 2.75) is 74.1 Å². The summed E-state index contributed by atoms with van der Waals surface area (Å²) in [6, 6.07) is 4.91. The van der Waals surface area contributed by atoms with Crippen molar-refractivity contribution in [2.24, 2.45) is 11.8 Å². The quantitative estimate of drug-likeness (QED) is 0.0662. The summed E-state index contributed by atoms with van der Waals surface area (Å²) in [7, 11) is 1.09. The number of methoxy groups -OCH3 is 1. The molecule has 19 heteroatoms. The van der Waals surface area contributed by atoms with Gasteiger partial charge in [0.25, 0.3) is 0 Å². The van der Waals surface area contributed by atoms with Crippen LogP contribution in [0.4, 0.5) is 0 Å². The Morgan fingerprint density at radius 2 is 1.57 bits per heavy atom. The van der Waals surface area contributed by atoms with Crippen LogP contribution in [0.5, 0.6) is 11.5 Å². The molecule has 0 bridgehead atoms. The number of benzene rings is 1. The van der Waals surface area contributed by atoms with Gasteiger partial charge < -0.3 is 78.4 Å². The van der Waals surface area contributed by atoms with Crippen LogP contribution in [-0.4, -0.2) is 141 Å². The second-order valence-corrected chi connectivity index (χ2v) is 12.0. The summed E-state index contributed by atoms with van der Waals surface area (Å²) in [6.07, 6.45) is -16.6. The second-order valence-electron chi connectivity index (χ2n) is 12.0. The molecule has 1 aromatic heterocycles. The Bertz CT molecular complexity index is 1650. The van der Waals surface area contributed by atoms with Gasteiger partial charge in [0, 0.05) is 29.4 Å². The lowest BCUT2D eigenvalue weighted by molar-refractivity contribution is -0.339. The first-order valence-corrected chi connectivity index (χ1v) is 15.6. The smallest absolute Gasteiger partial charge is 0.337 e. The summed E-state index contributed by atoms with van der Waals surface area (Å²) in [5, 5.41) is 82.6. The molecule has 1 aromatic carbocycles. The maximum absolute atomic E-state index is 13.2. The normalized spacial score (nSPS) is 35.3. The summed E-state index contributed by atoms with van der Waals surface area (Å²) in [4.78, 5) is 37.4. The number of esters is 2. The fourth-order valence-electron chi connectivity index (χ4n) is 5.86. The van der Waals surface area contributed by atoms with E-state index in [4.69, 9.17) is 37.6 Å². The van der Waals surface area contributed by atoms with E-state index in [-0.39, 0.29) is 16.9 Å². The number of rotatable bonds is 11. The number of fused-ring (bicyclic) bond motifs is 1. The van der Waals surface area contributed by atoms with E-state index in [2.05, 4.69) is 6.58 Å². The molecule has 0 aliphatic carbocycles. The van der Waals surface area contributed by atoms with E-state index in [0.29, 0.717) is 5.39 Å². The summed E-state index contributed by atoms with van der Waals surface area (Å²) in [5.41, 5.74) is -0.793. The first-order valence-electron chi connectivity index (χ1n) is 15.6. The Kier molecular flexibility index (Phi) is 12.0. The molecular formula is C32H38O19. The number of aromatic hydroxyl groups is 1. The van der Waals surface area contributed by atoms with Crippen LogP contribution in [-0.2, 0) is 38.0 Å². The van der Waals surface area contributed by atoms with Crippen LogP contribution in [0, 0.1) is 11.8 Å². The molecule has 0 spiro atoms. The third-order valence-electron chi connectivity index (χ3n) is 8.73. The number of ether oxygens (including phenoxy) is 7. The molecule has 2 aromatic rings. The van der Waals surface area contributed by atoms with Crippen molar-refractivity contribution in [3.63, 3.8) is 0 Å². The molecule has 3 aliphatic heterocycles. The number of hydrogen-bond acceptors (Lipinski definition) is 19. The van der Waals surface area contributed by atoms with Crippen molar-refractivity contribution in [2.75, 3.05) is 20.3 Å². The van der Waals surface area contributed by atoms with Crippen molar-refractivity contribution in [3.8, 4) is 11.5 Å². The Labute approximate surface area is 288 Å². The van der Waals surface area contributed by atoms with Crippen LogP contribution in [0.25, 0.3) is 11.0 Å². The molecule has 0 saturated carbocycles. The summed E-state index contributed by atoms with van der Waals surface area (Å²) >= 11 is 0. The van der Waals surface area contributed by atoms with Crippen molar-refractivity contribution >= 4 is 22.9 Å². The van der Waals surface area contributed by atoms with Crippen LogP contribution >= 0.6 is 0 Å². The molecule has 280 valence electrons. The van der Waals surface area contributed by atoms with Crippen LogP contribution < -0.4 is 10.4 Å². The Balaban J connectivity index is 1.27. The molecule has 3 aliphatic rings. The number of aliphatic hydroxyl groups excluding tert-OH is 7. The van der Waals surface area contributed by atoms with Gasteiger partial charge in [-0.05, 0) is 12.1 Å². The molecule has 0 radical (unpaired) electrons. The molecule has 8 N–H and O–H groups in total. The lowest BCUT2D eigenvalue weighted by Gasteiger charge is -2.43. The van der Waals surface area contributed by atoms with E-state index in [1.165, 1.54) is 18.2 Å². The van der Waals surface area contributed by atoms with Crippen molar-refractivity contribution in [3.05, 3.63) is 59.2 Å². The first kappa shape index (κ1) is 38.1. The number of aliphatic hydroxyl groups is 7. The minimum atomic E-state index is -1.87. The first-order chi connectivity index (χ1) is 24.3. The van der Waals surface area contributed by atoms with Crippen LogP contribution in [0.2, 0.25) is 0 Å². The predicted molar refractivity (Wildman–Crippen MR) is 164 cm³/mol. The highest BCUT2D eigenvalue weighted by Gasteiger charge is 2.49. The lowest BCUT2D eigenvalue weighted by Crippen LogP contribution is -2.60. The van der Waals surface area contributed by atoms with Gasteiger partial charge in [0.15, 0.2) is 17.8 Å². The number of hydrogen-bond donors (Lipinski definition) is 8. The summed E-state index contributed by atoms with van der Waals surface area (Å²) in [5.74, 6) is -4.72.